The molecular weight excluding hydrogens is 413 g/mol. The van der Waals surface area contributed by atoms with Crippen molar-refractivity contribution in [2.24, 2.45) is 0 Å². The molecule has 4 rings (SSSR count). The Morgan fingerprint density at radius 2 is 1.90 bits per heavy atom. The summed E-state index contributed by atoms with van der Waals surface area (Å²) in [6, 6.07) is 8.61. The van der Waals surface area contributed by atoms with E-state index in [1.165, 1.54) is 30.6 Å². The summed E-state index contributed by atoms with van der Waals surface area (Å²) in [5, 5.41) is 16.7. The lowest BCUT2D eigenvalue weighted by atomic mass is 10.1. The van der Waals surface area contributed by atoms with Crippen molar-refractivity contribution < 1.29 is 23.1 Å². The van der Waals surface area contributed by atoms with Crippen molar-refractivity contribution in [2.45, 2.75) is 24.6 Å². The second kappa shape index (κ2) is 7.62. The molecular formula is C21H17F3N4O3. The Bertz CT molecular complexity index is 1170. The molecule has 0 aliphatic heterocycles. The van der Waals surface area contributed by atoms with Gasteiger partial charge in [0.25, 0.3) is 11.5 Å². The van der Waals surface area contributed by atoms with Gasteiger partial charge in [-0.25, -0.2) is 0 Å². The van der Waals surface area contributed by atoms with Crippen molar-refractivity contribution in [3.8, 4) is 16.9 Å². The summed E-state index contributed by atoms with van der Waals surface area (Å²) in [5.74, 6) is -0.710. The SMILES string of the molecule is O=C(NCC1(O)CC1)c1cc(-c2ccc(C(F)(F)F)cc2)nn(-c2cccnc2)c1=O. The number of carbonyl (C=O) groups is 1. The van der Waals surface area contributed by atoms with Crippen molar-refractivity contribution in [1.29, 1.82) is 0 Å². The van der Waals surface area contributed by atoms with Crippen LogP contribution < -0.4 is 10.9 Å². The number of hydrogen-bond donors (Lipinski definition) is 2. The number of hydrogen-bond acceptors (Lipinski definition) is 5. The topological polar surface area (TPSA) is 97.1 Å². The first-order chi connectivity index (χ1) is 14.7. The summed E-state index contributed by atoms with van der Waals surface area (Å²) in [6.07, 6.45) is -0.507. The number of rotatable bonds is 5. The zero-order chi connectivity index (χ0) is 22.2. The van der Waals surface area contributed by atoms with Crippen LogP contribution in [0.15, 0.2) is 59.7 Å². The van der Waals surface area contributed by atoms with Gasteiger partial charge < -0.3 is 10.4 Å². The molecule has 1 fully saturated rings. The number of nitrogens with zero attached hydrogens (tertiary/aromatic N) is 3. The third-order valence-corrected chi connectivity index (χ3v) is 4.96. The highest BCUT2D eigenvalue weighted by Crippen LogP contribution is 2.34. The van der Waals surface area contributed by atoms with Gasteiger partial charge in [-0.1, -0.05) is 12.1 Å². The molecule has 1 aromatic carbocycles. The molecule has 1 saturated carbocycles. The molecule has 0 spiro atoms. The van der Waals surface area contributed by atoms with E-state index in [1.807, 2.05) is 0 Å². The second-order valence-corrected chi connectivity index (χ2v) is 7.35. The van der Waals surface area contributed by atoms with Crippen molar-refractivity contribution >= 4 is 5.91 Å². The fourth-order valence-corrected chi connectivity index (χ4v) is 2.94. The minimum atomic E-state index is -4.49. The van der Waals surface area contributed by atoms with E-state index in [4.69, 9.17) is 0 Å². The van der Waals surface area contributed by atoms with Gasteiger partial charge in [0.15, 0.2) is 0 Å². The number of amides is 1. The number of pyridine rings is 1. The number of benzene rings is 1. The Labute approximate surface area is 174 Å². The zero-order valence-electron chi connectivity index (χ0n) is 16.1. The smallest absolute Gasteiger partial charge is 0.388 e. The van der Waals surface area contributed by atoms with Crippen LogP contribution in [0, 0.1) is 0 Å². The minimum absolute atomic E-state index is 0.00387. The van der Waals surface area contributed by atoms with Gasteiger partial charge in [0.05, 0.1) is 28.7 Å². The predicted octanol–water partition coefficient (Wildman–Crippen LogP) is 2.57. The maximum Gasteiger partial charge on any atom is 0.416 e. The summed E-state index contributed by atoms with van der Waals surface area (Å²) in [5.41, 5.74) is -2.04. The molecule has 0 bridgehead atoms. The van der Waals surface area contributed by atoms with Crippen LogP contribution in [0.3, 0.4) is 0 Å². The Morgan fingerprint density at radius 3 is 2.48 bits per heavy atom. The first-order valence-electron chi connectivity index (χ1n) is 9.39. The molecule has 1 aliphatic rings. The van der Waals surface area contributed by atoms with E-state index in [0.717, 1.165) is 16.8 Å². The molecule has 0 atom stereocenters. The number of halogens is 3. The summed E-state index contributed by atoms with van der Waals surface area (Å²) in [4.78, 5) is 29.5. The van der Waals surface area contributed by atoms with Gasteiger partial charge in [-0.05, 0) is 43.2 Å². The van der Waals surface area contributed by atoms with Gasteiger partial charge in [0.1, 0.15) is 5.56 Å². The average molecular weight is 430 g/mol. The van der Waals surface area contributed by atoms with E-state index in [2.05, 4.69) is 15.4 Å². The van der Waals surface area contributed by atoms with Gasteiger partial charge in [0.2, 0.25) is 0 Å². The van der Waals surface area contributed by atoms with Crippen LogP contribution in [-0.4, -0.2) is 37.9 Å². The van der Waals surface area contributed by atoms with Crippen LogP contribution >= 0.6 is 0 Å². The first kappa shape index (κ1) is 20.7. The highest BCUT2D eigenvalue weighted by Gasteiger charge is 2.40. The first-order valence-corrected chi connectivity index (χ1v) is 9.39. The largest absolute Gasteiger partial charge is 0.416 e. The molecule has 2 N–H and O–H groups in total. The lowest BCUT2D eigenvalue weighted by Crippen LogP contribution is -2.38. The van der Waals surface area contributed by atoms with Gasteiger partial charge in [-0.2, -0.15) is 23.0 Å². The number of nitrogens with one attached hydrogen (secondary N) is 1. The lowest BCUT2D eigenvalue weighted by Gasteiger charge is -2.13. The standard InChI is InChI=1S/C21H17F3N4O3/c22-21(23,24)14-5-3-13(4-6-14)17-10-16(18(29)26-12-20(31)7-8-20)19(30)28(27-17)15-2-1-9-25-11-15/h1-6,9-11,31H,7-8,12H2,(H,26,29). The molecule has 0 radical (unpaired) electrons. The highest BCUT2D eigenvalue weighted by molar-refractivity contribution is 5.94. The van der Waals surface area contributed by atoms with Gasteiger partial charge in [-0.3, -0.25) is 14.6 Å². The van der Waals surface area contributed by atoms with E-state index < -0.39 is 28.8 Å². The van der Waals surface area contributed by atoms with Gasteiger partial charge >= 0.3 is 6.18 Å². The fourth-order valence-electron chi connectivity index (χ4n) is 2.94. The van der Waals surface area contributed by atoms with Crippen LogP contribution in [0.25, 0.3) is 16.9 Å². The van der Waals surface area contributed by atoms with E-state index in [1.54, 1.807) is 12.1 Å². The maximum atomic E-state index is 12.9. The van der Waals surface area contributed by atoms with Gasteiger partial charge in [0, 0.05) is 18.3 Å². The third-order valence-electron chi connectivity index (χ3n) is 4.96. The van der Waals surface area contributed by atoms with Crippen LogP contribution in [0.2, 0.25) is 0 Å². The van der Waals surface area contributed by atoms with Crippen molar-refractivity contribution in [3.05, 3.63) is 76.3 Å². The molecule has 10 heteroatoms. The van der Waals surface area contributed by atoms with Crippen LogP contribution in [0.5, 0.6) is 0 Å². The van der Waals surface area contributed by atoms with E-state index in [0.29, 0.717) is 18.4 Å². The molecule has 7 nitrogen and oxygen atoms in total. The van der Waals surface area contributed by atoms with Crippen molar-refractivity contribution in [1.82, 2.24) is 20.1 Å². The Kier molecular flexibility index (Phi) is 5.10. The molecule has 1 aliphatic carbocycles. The third kappa shape index (κ3) is 4.48. The molecule has 0 unspecified atom stereocenters. The van der Waals surface area contributed by atoms with E-state index >= 15 is 0 Å². The number of alkyl halides is 3. The van der Waals surface area contributed by atoms with Gasteiger partial charge in [-0.15, -0.1) is 0 Å². The number of carbonyl (C=O) groups excluding carboxylic acids is 1. The summed E-state index contributed by atoms with van der Waals surface area (Å²) in [6.45, 7) is -0.00387. The molecule has 3 aromatic rings. The molecule has 31 heavy (non-hydrogen) atoms. The van der Waals surface area contributed by atoms with E-state index in [-0.39, 0.29) is 23.5 Å². The van der Waals surface area contributed by atoms with Crippen LogP contribution in [0.4, 0.5) is 13.2 Å². The summed E-state index contributed by atoms with van der Waals surface area (Å²) in [7, 11) is 0. The maximum absolute atomic E-state index is 12.9. The summed E-state index contributed by atoms with van der Waals surface area (Å²) < 4.78 is 39.6. The molecule has 2 heterocycles. The average Bonchev–Trinajstić information content (AvgIpc) is 3.50. The normalized spacial score (nSPS) is 14.8. The van der Waals surface area contributed by atoms with Crippen molar-refractivity contribution in [3.63, 3.8) is 0 Å². The van der Waals surface area contributed by atoms with E-state index in [9.17, 15) is 27.9 Å². The lowest BCUT2D eigenvalue weighted by molar-refractivity contribution is -0.137. The summed E-state index contributed by atoms with van der Waals surface area (Å²) >= 11 is 0. The molecule has 2 aromatic heterocycles. The molecule has 0 saturated heterocycles. The second-order valence-electron chi connectivity index (χ2n) is 7.35. The zero-order valence-corrected chi connectivity index (χ0v) is 16.1. The quantitative estimate of drug-likeness (QED) is 0.649. The highest BCUT2D eigenvalue weighted by atomic mass is 19.4. The fraction of sp³-hybridized carbons (Fsp3) is 0.238. The Balaban J connectivity index is 1.77. The monoisotopic (exact) mass is 430 g/mol. The Morgan fingerprint density at radius 1 is 1.19 bits per heavy atom. The van der Waals surface area contributed by atoms with Crippen molar-refractivity contribution in [2.75, 3.05) is 6.54 Å². The minimum Gasteiger partial charge on any atom is -0.388 e. The molecule has 160 valence electrons. The number of aromatic nitrogens is 3. The van der Waals surface area contributed by atoms with Crippen LogP contribution in [-0.2, 0) is 6.18 Å². The predicted molar refractivity (Wildman–Crippen MR) is 105 cm³/mol. The van der Waals surface area contributed by atoms with Crippen LogP contribution in [0.1, 0.15) is 28.8 Å². The number of aliphatic hydroxyl groups is 1. The molecule has 1 amide bonds. The Hall–Kier alpha value is -3.53.